The highest BCUT2D eigenvalue weighted by atomic mass is 79.9. The van der Waals surface area contributed by atoms with Crippen molar-refractivity contribution in [2.45, 2.75) is 0 Å². The van der Waals surface area contributed by atoms with Crippen molar-refractivity contribution >= 4 is 33.3 Å². The number of hydrogen-bond acceptors (Lipinski definition) is 7. The number of halogens is 1. The van der Waals surface area contributed by atoms with Crippen molar-refractivity contribution in [3.8, 4) is 5.69 Å². The van der Waals surface area contributed by atoms with E-state index in [9.17, 15) is 29.8 Å². The molecule has 0 saturated heterocycles. The van der Waals surface area contributed by atoms with Crippen LogP contribution in [0.15, 0.2) is 39.9 Å². The van der Waals surface area contributed by atoms with Gasteiger partial charge in [0.25, 0.3) is 11.1 Å². The Morgan fingerprint density at radius 2 is 1.79 bits per heavy atom. The highest BCUT2D eigenvalue weighted by Crippen LogP contribution is 2.24. The second-order valence-corrected chi connectivity index (χ2v) is 5.29. The molecule has 0 N–H and O–H groups in total. The molecule has 0 aliphatic heterocycles. The fourth-order valence-corrected chi connectivity index (χ4v) is 2.35. The molecule has 0 atom stereocenters. The lowest BCUT2D eigenvalue weighted by molar-refractivity contribution is -0.386. The van der Waals surface area contributed by atoms with Crippen LogP contribution in [0.25, 0.3) is 5.69 Å². The molecule has 0 unspecified atom stereocenters. The minimum Gasteiger partial charge on any atom is -0.465 e. The van der Waals surface area contributed by atoms with Crippen LogP contribution in [0.4, 0.5) is 11.4 Å². The predicted octanol–water partition coefficient (Wildman–Crippen LogP) is 2.20. The maximum absolute atomic E-state index is 11.7. The molecule has 2 rings (SSSR count). The SMILES string of the molecule is COC(=O)c1cc(-n2cc(Br)c(=O)c([N+](=O)[O-])c2)ccc1[N+](=O)[O-]. The number of methoxy groups -OCH3 is 1. The number of esters is 1. The van der Waals surface area contributed by atoms with Crippen LogP contribution in [0.3, 0.4) is 0 Å². The minimum absolute atomic E-state index is 0.0744. The van der Waals surface area contributed by atoms with Gasteiger partial charge >= 0.3 is 11.7 Å². The van der Waals surface area contributed by atoms with Crippen molar-refractivity contribution < 1.29 is 19.4 Å². The zero-order valence-electron chi connectivity index (χ0n) is 12.0. The molecule has 0 saturated carbocycles. The van der Waals surface area contributed by atoms with Gasteiger partial charge in [0.2, 0.25) is 0 Å². The van der Waals surface area contributed by atoms with Crippen molar-refractivity contribution in [3.05, 3.63) is 71.1 Å². The molecule has 124 valence electrons. The summed E-state index contributed by atoms with van der Waals surface area (Å²) in [5.41, 5.74) is -2.10. The number of nitro benzene ring substituents is 1. The summed E-state index contributed by atoms with van der Waals surface area (Å²) in [5, 5.41) is 21.9. The van der Waals surface area contributed by atoms with Crippen molar-refractivity contribution in [2.75, 3.05) is 7.11 Å². The Morgan fingerprint density at radius 3 is 2.33 bits per heavy atom. The van der Waals surface area contributed by atoms with E-state index in [-0.39, 0.29) is 15.7 Å². The molecule has 1 aromatic heterocycles. The van der Waals surface area contributed by atoms with Gasteiger partial charge in [-0.25, -0.2) is 4.79 Å². The van der Waals surface area contributed by atoms with Gasteiger partial charge in [-0.05, 0) is 28.1 Å². The maximum atomic E-state index is 11.7. The van der Waals surface area contributed by atoms with Crippen molar-refractivity contribution in [1.82, 2.24) is 4.57 Å². The van der Waals surface area contributed by atoms with E-state index in [2.05, 4.69) is 20.7 Å². The first-order valence-electron chi connectivity index (χ1n) is 6.19. The lowest BCUT2D eigenvalue weighted by atomic mass is 10.1. The number of pyridine rings is 1. The van der Waals surface area contributed by atoms with Gasteiger partial charge in [-0.15, -0.1) is 0 Å². The van der Waals surface area contributed by atoms with Gasteiger partial charge in [-0.1, -0.05) is 0 Å². The molecule has 1 aromatic carbocycles. The molecule has 0 spiro atoms. The van der Waals surface area contributed by atoms with Crippen molar-refractivity contribution in [3.63, 3.8) is 0 Å². The van der Waals surface area contributed by atoms with E-state index >= 15 is 0 Å². The summed E-state index contributed by atoms with van der Waals surface area (Å²) in [7, 11) is 1.07. The molecule has 0 bridgehead atoms. The normalized spacial score (nSPS) is 10.2. The number of rotatable bonds is 4. The number of carbonyl (C=O) groups excluding carboxylic acids is 1. The summed E-state index contributed by atoms with van der Waals surface area (Å²) in [5.74, 6) is -0.932. The molecule has 0 aliphatic carbocycles. The molecule has 0 radical (unpaired) electrons. The van der Waals surface area contributed by atoms with Crippen LogP contribution in [0, 0.1) is 20.2 Å². The average Bonchev–Trinajstić information content (AvgIpc) is 2.55. The molecular formula is C13H8BrN3O7. The first-order chi connectivity index (χ1) is 11.3. The summed E-state index contributed by atoms with van der Waals surface area (Å²) in [6.45, 7) is 0. The number of carbonyl (C=O) groups is 1. The highest BCUT2D eigenvalue weighted by molar-refractivity contribution is 9.10. The van der Waals surface area contributed by atoms with E-state index in [1.54, 1.807) is 0 Å². The summed E-state index contributed by atoms with van der Waals surface area (Å²) in [6.07, 6.45) is 2.20. The first kappa shape index (κ1) is 17.3. The number of benzene rings is 1. The van der Waals surface area contributed by atoms with E-state index in [0.717, 1.165) is 25.4 Å². The van der Waals surface area contributed by atoms with Gasteiger partial charge in [-0.2, -0.15) is 0 Å². The van der Waals surface area contributed by atoms with Gasteiger partial charge in [0, 0.05) is 18.0 Å². The second-order valence-electron chi connectivity index (χ2n) is 4.44. The van der Waals surface area contributed by atoms with Crippen LogP contribution in [-0.2, 0) is 4.74 Å². The number of aromatic nitrogens is 1. The lowest BCUT2D eigenvalue weighted by Gasteiger charge is -2.09. The fourth-order valence-electron chi connectivity index (χ4n) is 1.93. The Hall–Kier alpha value is -3.08. The molecule has 0 fully saturated rings. The topological polar surface area (TPSA) is 135 Å². The first-order valence-corrected chi connectivity index (χ1v) is 6.99. The molecular weight excluding hydrogens is 390 g/mol. The molecule has 0 aliphatic rings. The van der Waals surface area contributed by atoms with E-state index in [0.29, 0.717) is 0 Å². The molecule has 0 amide bonds. The van der Waals surface area contributed by atoms with E-state index < -0.39 is 32.6 Å². The van der Waals surface area contributed by atoms with Crippen LogP contribution >= 0.6 is 15.9 Å². The standard InChI is InChI=1S/C13H8BrN3O7/c1-24-13(19)8-4-7(2-3-10(8)16(20)21)15-5-9(14)12(18)11(6-15)17(22)23/h2-6H,1H3. The third-order valence-corrected chi connectivity index (χ3v) is 3.61. The van der Waals surface area contributed by atoms with Crippen LogP contribution < -0.4 is 5.43 Å². The third-order valence-electron chi connectivity index (χ3n) is 3.04. The summed E-state index contributed by atoms with van der Waals surface area (Å²) in [6, 6.07) is 3.50. The quantitative estimate of drug-likeness (QED) is 0.438. The van der Waals surface area contributed by atoms with Crippen LogP contribution in [0.5, 0.6) is 0 Å². The van der Waals surface area contributed by atoms with Crippen LogP contribution in [0.2, 0.25) is 0 Å². The second kappa shape index (κ2) is 6.58. The molecule has 1 heterocycles. The Labute approximate surface area is 141 Å². The number of nitro groups is 2. The van der Waals surface area contributed by atoms with Crippen LogP contribution in [0.1, 0.15) is 10.4 Å². The fraction of sp³-hybridized carbons (Fsp3) is 0.0769. The summed E-state index contributed by atoms with van der Waals surface area (Å²) < 4.78 is 5.62. The Morgan fingerprint density at radius 1 is 1.17 bits per heavy atom. The van der Waals surface area contributed by atoms with Crippen LogP contribution in [-0.4, -0.2) is 27.5 Å². The average molecular weight is 398 g/mol. The van der Waals surface area contributed by atoms with Gasteiger partial charge in [0.1, 0.15) is 5.56 Å². The largest absolute Gasteiger partial charge is 0.465 e. The number of nitrogens with zero attached hydrogens (tertiary/aromatic N) is 3. The third kappa shape index (κ3) is 3.15. The summed E-state index contributed by atoms with van der Waals surface area (Å²) >= 11 is 2.92. The van der Waals surface area contributed by atoms with Gasteiger partial charge in [-0.3, -0.25) is 25.0 Å². The molecule has 11 heteroatoms. The Kier molecular flexibility index (Phi) is 4.74. The zero-order valence-corrected chi connectivity index (χ0v) is 13.6. The summed E-state index contributed by atoms with van der Waals surface area (Å²) in [4.78, 5) is 43.7. The highest BCUT2D eigenvalue weighted by Gasteiger charge is 2.23. The van der Waals surface area contributed by atoms with Gasteiger partial charge in [0.15, 0.2) is 0 Å². The van der Waals surface area contributed by atoms with E-state index in [4.69, 9.17) is 0 Å². The Balaban J connectivity index is 2.70. The van der Waals surface area contributed by atoms with E-state index in [1.807, 2.05) is 0 Å². The smallest absolute Gasteiger partial charge is 0.344 e. The van der Waals surface area contributed by atoms with Gasteiger partial charge in [0.05, 0.1) is 27.6 Å². The lowest BCUT2D eigenvalue weighted by Crippen LogP contribution is -2.13. The number of hydrogen-bond donors (Lipinski definition) is 0. The predicted molar refractivity (Wildman–Crippen MR) is 84.4 cm³/mol. The van der Waals surface area contributed by atoms with Crippen molar-refractivity contribution in [2.24, 2.45) is 0 Å². The monoisotopic (exact) mass is 397 g/mol. The molecule has 24 heavy (non-hydrogen) atoms. The molecule has 2 aromatic rings. The van der Waals surface area contributed by atoms with Gasteiger partial charge < -0.3 is 9.30 Å². The maximum Gasteiger partial charge on any atom is 0.344 e. The Bertz CT molecular complexity index is 922. The molecule has 10 nitrogen and oxygen atoms in total. The zero-order chi connectivity index (χ0) is 18.0. The van der Waals surface area contributed by atoms with E-state index in [1.165, 1.54) is 16.8 Å². The number of ether oxygens (including phenoxy) is 1. The minimum atomic E-state index is -0.932. The van der Waals surface area contributed by atoms with Crippen molar-refractivity contribution in [1.29, 1.82) is 0 Å².